The van der Waals surface area contributed by atoms with E-state index in [1.807, 2.05) is 0 Å². The number of benzene rings is 1. The van der Waals surface area contributed by atoms with Crippen LogP contribution in [0, 0.1) is 0 Å². The van der Waals surface area contributed by atoms with Crippen LogP contribution in [0.1, 0.15) is 42.5 Å². The van der Waals surface area contributed by atoms with E-state index in [9.17, 15) is 9.59 Å². The van der Waals surface area contributed by atoms with Gasteiger partial charge >= 0.3 is 5.97 Å². The van der Waals surface area contributed by atoms with Crippen molar-refractivity contribution in [1.29, 1.82) is 0 Å². The second kappa shape index (κ2) is 6.93. The molecule has 1 aliphatic rings. The van der Waals surface area contributed by atoms with Crippen LogP contribution in [0.2, 0.25) is 0 Å². The third-order valence-electron chi connectivity index (χ3n) is 3.75. The summed E-state index contributed by atoms with van der Waals surface area (Å²) in [6.07, 6.45) is 3.45. The van der Waals surface area contributed by atoms with Gasteiger partial charge in [-0.3, -0.25) is 9.59 Å². The molecule has 1 aliphatic heterocycles. The SMILES string of the molecule is Nc1cc(Br)cc(C(=O)N2CCCCC2CCC(=O)O)c1. The number of carbonyl (C=O) groups is 2. The Labute approximate surface area is 132 Å². The number of piperidine rings is 1. The summed E-state index contributed by atoms with van der Waals surface area (Å²) in [5.41, 5.74) is 6.86. The number of nitrogen functional groups attached to an aromatic ring is 1. The van der Waals surface area contributed by atoms with Crippen molar-refractivity contribution in [1.82, 2.24) is 4.90 Å². The average Bonchev–Trinajstić information content (AvgIpc) is 2.43. The van der Waals surface area contributed by atoms with Crippen LogP contribution in [0.5, 0.6) is 0 Å². The van der Waals surface area contributed by atoms with Gasteiger partial charge in [-0.15, -0.1) is 0 Å². The first-order valence-corrected chi connectivity index (χ1v) is 7.85. The lowest BCUT2D eigenvalue weighted by molar-refractivity contribution is -0.137. The van der Waals surface area contributed by atoms with Crippen molar-refractivity contribution in [3.05, 3.63) is 28.2 Å². The number of hydrogen-bond acceptors (Lipinski definition) is 3. The van der Waals surface area contributed by atoms with Crippen LogP contribution in [-0.4, -0.2) is 34.5 Å². The van der Waals surface area contributed by atoms with Crippen molar-refractivity contribution in [3.8, 4) is 0 Å². The Hall–Kier alpha value is -1.56. The molecule has 1 atom stereocenters. The van der Waals surface area contributed by atoms with E-state index < -0.39 is 5.97 Å². The molecule has 6 heteroatoms. The zero-order chi connectivity index (χ0) is 15.4. The van der Waals surface area contributed by atoms with E-state index >= 15 is 0 Å². The van der Waals surface area contributed by atoms with Crippen LogP contribution in [-0.2, 0) is 4.79 Å². The molecule has 1 heterocycles. The number of carboxylic acid groups (broad SMARTS) is 1. The van der Waals surface area contributed by atoms with Crippen LogP contribution in [0.4, 0.5) is 5.69 Å². The summed E-state index contributed by atoms with van der Waals surface area (Å²) in [4.78, 5) is 25.2. The molecule has 21 heavy (non-hydrogen) atoms. The summed E-state index contributed by atoms with van der Waals surface area (Å²) >= 11 is 3.34. The number of hydrogen-bond donors (Lipinski definition) is 2. The summed E-state index contributed by atoms with van der Waals surface area (Å²) < 4.78 is 0.768. The Morgan fingerprint density at radius 1 is 1.33 bits per heavy atom. The minimum Gasteiger partial charge on any atom is -0.481 e. The molecule has 1 fully saturated rings. The molecule has 0 spiro atoms. The van der Waals surface area contributed by atoms with Gasteiger partial charge in [-0.1, -0.05) is 15.9 Å². The van der Waals surface area contributed by atoms with Gasteiger partial charge in [0, 0.05) is 34.7 Å². The number of likely N-dealkylation sites (tertiary alicyclic amines) is 1. The third-order valence-corrected chi connectivity index (χ3v) is 4.20. The maximum Gasteiger partial charge on any atom is 0.303 e. The number of amides is 1. The molecule has 0 saturated carbocycles. The van der Waals surface area contributed by atoms with Gasteiger partial charge in [-0.05, 0) is 43.9 Å². The lowest BCUT2D eigenvalue weighted by Crippen LogP contribution is -2.44. The van der Waals surface area contributed by atoms with E-state index in [0.29, 0.717) is 24.2 Å². The van der Waals surface area contributed by atoms with Crippen LogP contribution < -0.4 is 5.73 Å². The number of halogens is 1. The van der Waals surface area contributed by atoms with E-state index in [1.165, 1.54) is 0 Å². The van der Waals surface area contributed by atoms with Gasteiger partial charge in [-0.25, -0.2) is 0 Å². The summed E-state index contributed by atoms with van der Waals surface area (Å²) in [6.45, 7) is 0.676. The fourth-order valence-electron chi connectivity index (χ4n) is 2.76. The molecule has 0 aliphatic carbocycles. The number of nitrogens with two attached hydrogens (primary N) is 1. The highest BCUT2D eigenvalue weighted by Gasteiger charge is 2.28. The highest BCUT2D eigenvalue weighted by Crippen LogP contribution is 2.25. The van der Waals surface area contributed by atoms with Crippen molar-refractivity contribution < 1.29 is 14.7 Å². The minimum atomic E-state index is -0.820. The lowest BCUT2D eigenvalue weighted by atomic mass is 9.97. The van der Waals surface area contributed by atoms with E-state index in [4.69, 9.17) is 10.8 Å². The van der Waals surface area contributed by atoms with E-state index in [2.05, 4.69) is 15.9 Å². The maximum atomic E-state index is 12.7. The number of carboxylic acids is 1. The Bertz CT molecular complexity index is 527. The molecule has 0 radical (unpaired) electrons. The molecule has 1 amide bonds. The normalized spacial score (nSPS) is 18.5. The standard InChI is InChI=1S/C15H19BrN2O3/c16-11-7-10(8-12(17)9-11)15(21)18-6-2-1-3-13(18)4-5-14(19)20/h7-9,13H,1-6,17H2,(H,19,20). The van der Waals surface area contributed by atoms with Crippen molar-refractivity contribution in [2.75, 3.05) is 12.3 Å². The van der Waals surface area contributed by atoms with E-state index in [-0.39, 0.29) is 18.4 Å². The minimum absolute atomic E-state index is 0.00237. The van der Waals surface area contributed by atoms with Crippen LogP contribution in [0.25, 0.3) is 0 Å². The van der Waals surface area contributed by atoms with Gasteiger partial charge < -0.3 is 15.7 Å². The summed E-state index contributed by atoms with van der Waals surface area (Å²) in [7, 11) is 0. The topological polar surface area (TPSA) is 83.6 Å². The monoisotopic (exact) mass is 354 g/mol. The molecular weight excluding hydrogens is 336 g/mol. The Morgan fingerprint density at radius 3 is 2.76 bits per heavy atom. The first-order valence-electron chi connectivity index (χ1n) is 7.06. The molecule has 3 N–H and O–H groups in total. The first kappa shape index (κ1) is 15.8. The summed E-state index contributed by atoms with van der Waals surface area (Å²) in [6, 6.07) is 5.16. The van der Waals surface area contributed by atoms with E-state index in [0.717, 1.165) is 23.7 Å². The first-order chi connectivity index (χ1) is 9.97. The number of carbonyl (C=O) groups excluding carboxylic acids is 1. The molecule has 0 aromatic heterocycles. The predicted octanol–water partition coefficient (Wildman–Crippen LogP) is 2.89. The van der Waals surface area contributed by atoms with E-state index in [1.54, 1.807) is 23.1 Å². The van der Waals surface area contributed by atoms with Crippen molar-refractivity contribution >= 4 is 33.5 Å². The van der Waals surface area contributed by atoms with Gasteiger partial charge in [0.15, 0.2) is 0 Å². The molecule has 0 bridgehead atoms. The predicted molar refractivity (Wildman–Crippen MR) is 84.1 cm³/mol. The molecule has 5 nitrogen and oxygen atoms in total. The highest BCUT2D eigenvalue weighted by molar-refractivity contribution is 9.10. The van der Waals surface area contributed by atoms with Gasteiger partial charge in [-0.2, -0.15) is 0 Å². The Morgan fingerprint density at radius 2 is 2.10 bits per heavy atom. The van der Waals surface area contributed by atoms with Crippen molar-refractivity contribution in [3.63, 3.8) is 0 Å². The number of nitrogens with zero attached hydrogens (tertiary/aromatic N) is 1. The number of rotatable bonds is 4. The quantitative estimate of drug-likeness (QED) is 0.814. The van der Waals surface area contributed by atoms with Gasteiger partial charge in [0.05, 0.1) is 0 Å². The highest BCUT2D eigenvalue weighted by atomic mass is 79.9. The number of aliphatic carboxylic acids is 1. The largest absolute Gasteiger partial charge is 0.481 e. The molecule has 1 aromatic carbocycles. The smallest absolute Gasteiger partial charge is 0.303 e. The van der Waals surface area contributed by atoms with Gasteiger partial charge in [0.25, 0.3) is 5.91 Å². The van der Waals surface area contributed by atoms with Gasteiger partial charge in [0.2, 0.25) is 0 Å². The Kier molecular flexibility index (Phi) is 5.22. The van der Waals surface area contributed by atoms with Crippen molar-refractivity contribution in [2.24, 2.45) is 0 Å². The van der Waals surface area contributed by atoms with Crippen LogP contribution >= 0.6 is 15.9 Å². The molecule has 1 aromatic rings. The summed E-state index contributed by atoms with van der Waals surface area (Å²) in [5, 5.41) is 8.83. The molecule has 1 unspecified atom stereocenters. The zero-order valence-electron chi connectivity index (χ0n) is 11.7. The fraction of sp³-hybridized carbons (Fsp3) is 0.467. The second-order valence-corrected chi connectivity index (χ2v) is 6.27. The summed E-state index contributed by atoms with van der Waals surface area (Å²) in [5.74, 6) is -0.891. The maximum absolute atomic E-state index is 12.7. The molecule has 1 saturated heterocycles. The van der Waals surface area contributed by atoms with Crippen LogP contribution in [0.15, 0.2) is 22.7 Å². The second-order valence-electron chi connectivity index (χ2n) is 5.35. The third kappa shape index (κ3) is 4.20. The molecular formula is C15H19BrN2O3. The van der Waals surface area contributed by atoms with Crippen LogP contribution in [0.3, 0.4) is 0 Å². The lowest BCUT2D eigenvalue weighted by Gasteiger charge is -2.35. The number of anilines is 1. The molecule has 2 rings (SSSR count). The van der Waals surface area contributed by atoms with Gasteiger partial charge in [0.1, 0.15) is 0 Å². The Balaban J connectivity index is 2.15. The van der Waals surface area contributed by atoms with Crippen molar-refractivity contribution in [2.45, 2.75) is 38.1 Å². The molecule has 114 valence electrons. The average molecular weight is 355 g/mol. The fourth-order valence-corrected chi connectivity index (χ4v) is 3.27. The zero-order valence-corrected chi connectivity index (χ0v) is 13.3.